The van der Waals surface area contributed by atoms with E-state index in [2.05, 4.69) is 33.1 Å². The molecule has 9 heteroatoms. The number of likely N-dealkylation sites (tertiary alicyclic amines) is 1. The van der Waals surface area contributed by atoms with Gasteiger partial charge in [0.15, 0.2) is 5.78 Å². The number of urea groups is 1. The maximum absolute atomic E-state index is 12.2. The number of pyridine rings is 1. The van der Waals surface area contributed by atoms with Crippen LogP contribution in [0.1, 0.15) is 44.4 Å². The van der Waals surface area contributed by atoms with E-state index < -0.39 is 17.6 Å². The molecule has 1 saturated heterocycles. The number of carbonyl (C=O) groups is 3. The molecule has 2 aliphatic heterocycles. The van der Waals surface area contributed by atoms with Crippen LogP contribution >= 0.6 is 0 Å². The van der Waals surface area contributed by atoms with Crippen molar-refractivity contribution < 1.29 is 19.5 Å². The molecule has 0 saturated carbocycles. The number of fused-ring (bicyclic) bond motifs is 1. The lowest BCUT2D eigenvalue weighted by molar-refractivity contribution is -0.144. The van der Waals surface area contributed by atoms with Gasteiger partial charge in [-0.1, -0.05) is 6.07 Å². The Bertz CT molecular complexity index is 807. The smallest absolute Gasteiger partial charge is 0.317 e. The fraction of sp³-hybridized carbons (Fsp3) is 0.619. The summed E-state index contributed by atoms with van der Waals surface area (Å²) in [6.45, 7) is 4.12. The summed E-state index contributed by atoms with van der Waals surface area (Å²) < 4.78 is 0. The van der Waals surface area contributed by atoms with Crippen molar-refractivity contribution in [3.05, 3.63) is 23.4 Å². The van der Waals surface area contributed by atoms with Gasteiger partial charge < -0.3 is 26.0 Å². The summed E-state index contributed by atoms with van der Waals surface area (Å²) in [5.74, 6) is 0.273. The Morgan fingerprint density at radius 3 is 2.73 bits per heavy atom. The summed E-state index contributed by atoms with van der Waals surface area (Å²) in [6, 6.07) is 2.94. The summed E-state index contributed by atoms with van der Waals surface area (Å²) in [7, 11) is 0. The van der Waals surface area contributed by atoms with Gasteiger partial charge in [-0.2, -0.15) is 0 Å². The number of nitrogens with zero attached hydrogens (tertiary/aromatic N) is 2. The monoisotopic (exact) mass is 417 g/mol. The summed E-state index contributed by atoms with van der Waals surface area (Å²) in [5, 5.41) is 19.2. The largest absolute Gasteiger partial charge is 0.384 e. The van der Waals surface area contributed by atoms with Gasteiger partial charge in [0.2, 0.25) is 5.91 Å². The third-order valence-corrected chi connectivity index (χ3v) is 5.60. The molecule has 4 N–H and O–H groups in total. The van der Waals surface area contributed by atoms with Crippen molar-refractivity contribution in [2.75, 3.05) is 31.5 Å². The van der Waals surface area contributed by atoms with E-state index in [1.807, 2.05) is 0 Å². The molecule has 164 valence electrons. The Kier molecular flexibility index (Phi) is 6.91. The number of anilines is 1. The summed E-state index contributed by atoms with van der Waals surface area (Å²) in [6.07, 6.45) is 4.80. The minimum Gasteiger partial charge on any atom is -0.384 e. The van der Waals surface area contributed by atoms with Crippen molar-refractivity contribution in [1.82, 2.24) is 20.5 Å². The SMILES string of the molecule is CC(=O)NC(C(C)=O)C1(O)CN(C(=O)NCCCCc2ccc3c(n2)NCCC3)C1. The van der Waals surface area contributed by atoms with Crippen LogP contribution in [0.4, 0.5) is 10.6 Å². The van der Waals surface area contributed by atoms with Crippen molar-refractivity contribution in [1.29, 1.82) is 0 Å². The van der Waals surface area contributed by atoms with Gasteiger partial charge in [0.1, 0.15) is 17.5 Å². The maximum atomic E-state index is 12.2. The van der Waals surface area contributed by atoms with Crippen LogP contribution < -0.4 is 16.0 Å². The van der Waals surface area contributed by atoms with Crippen LogP contribution in [0.3, 0.4) is 0 Å². The van der Waals surface area contributed by atoms with Gasteiger partial charge in [0.05, 0.1) is 13.1 Å². The Labute approximate surface area is 176 Å². The highest BCUT2D eigenvalue weighted by Gasteiger charge is 2.51. The Morgan fingerprint density at radius 1 is 1.27 bits per heavy atom. The van der Waals surface area contributed by atoms with Crippen LogP contribution in [0.2, 0.25) is 0 Å². The molecular formula is C21H31N5O4. The number of nitrogens with one attached hydrogen (secondary N) is 3. The normalized spacial score (nSPS) is 17.8. The Morgan fingerprint density at radius 2 is 2.03 bits per heavy atom. The van der Waals surface area contributed by atoms with Gasteiger partial charge in [-0.3, -0.25) is 9.59 Å². The second-order valence-corrected chi connectivity index (χ2v) is 8.23. The molecule has 1 aromatic heterocycles. The van der Waals surface area contributed by atoms with E-state index in [0.29, 0.717) is 6.54 Å². The summed E-state index contributed by atoms with van der Waals surface area (Å²) >= 11 is 0. The number of carbonyl (C=O) groups excluding carboxylic acids is 3. The average molecular weight is 418 g/mol. The van der Waals surface area contributed by atoms with E-state index in [1.165, 1.54) is 24.3 Å². The third kappa shape index (κ3) is 5.27. The van der Waals surface area contributed by atoms with Gasteiger partial charge in [-0.05, 0) is 50.7 Å². The first-order valence-corrected chi connectivity index (χ1v) is 10.5. The summed E-state index contributed by atoms with van der Waals surface area (Å²) in [5.41, 5.74) is 0.911. The molecule has 3 heterocycles. The molecular weight excluding hydrogens is 386 g/mol. The lowest BCUT2D eigenvalue weighted by Gasteiger charge is -2.49. The predicted octanol–water partition coefficient (Wildman–Crippen LogP) is 0.612. The van der Waals surface area contributed by atoms with Crippen molar-refractivity contribution in [3.8, 4) is 0 Å². The number of hydrogen-bond acceptors (Lipinski definition) is 6. The zero-order chi connectivity index (χ0) is 21.7. The number of Topliss-reactive ketones (excluding diaryl/α,β-unsaturated/α-hetero) is 1. The topological polar surface area (TPSA) is 124 Å². The molecule has 0 aliphatic carbocycles. The summed E-state index contributed by atoms with van der Waals surface area (Å²) in [4.78, 5) is 41.3. The maximum Gasteiger partial charge on any atom is 0.317 e. The molecule has 1 aromatic rings. The minimum atomic E-state index is -1.42. The number of hydrogen-bond donors (Lipinski definition) is 4. The molecule has 0 radical (unpaired) electrons. The van der Waals surface area contributed by atoms with Crippen molar-refractivity contribution in [3.63, 3.8) is 0 Å². The van der Waals surface area contributed by atoms with Gasteiger partial charge in [0, 0.05) is 25.7 Å². The standard InChI is InChI=1S/C21H31N5O4/c1-14(27)18(24-15(2)28)21(30)12-26(13-21)20(29)23-10-4-3-7-17-9-8-16-6-5-11-22-19(16)25-17/h8-9,18,30H,3-7,10-13H2,1-2H3,(H,22,25)(H,23,29)(H,24,28). The number of aryl methyl sites for hydroxylation is 2. The average Bonchev–Trinajstić information content (AvgIpc) is 2.68. The second-order valence-electron chi connectivity index (χ2n) is 8.23. The third-order valence-electron chi connectivity index (χ3n) is 5.60. The number of β-amino-alcohol motifs (C(OH)–C–C–N with tert-alkyl or cyclic N) is 1. The fourth-order valence-electron chi connectivity index (χ4n) is 4.00. The molecule has 0 bridgehead atoms. The molecule has 1 unspecified atom stereocenters. The number of rotatable bonds is 8. The quantitative estimate of drug-likeness (QED) is 0.460. The molecule has 1 fully saturated rings. The van der Waals surface area contributed by atoms with Crippen LogP contribution in [0.5, 0.6) is 0 Å². The highest BCUT2D eigenvalue weighted by Crippen LogP contribution is 2.25. The van der Waals surface area contributed by atoms with E-state index in [4.69, 9.17) is 0 Å². The van der Waals surface area contributed by atoms with E-state index in [9.17, 15) is 19.5 Å². The molecule has 30 heavy (non-hydrogen) atoms. The molecule has 1 atom stereocenters. The first kappa shape index (κ1) is 22.0. The van der Waals surface area contributed by atoms with Crippen LogP contribution in [0.25, 0.3) is 0 Å². The number of amides is 3. The fourth-order valence-corrected chi connectivity index (χ4v) is 4.00. The molecule has 3 rings (SSSR count). The highest BCUT2D eigenvalue weighted by atomic mass is 16.3. The lowest BCUT2D eigenvalue weighted by Crippen LogP contribution is -2.74. The molecule has 0 aromatic carbocycles. The van der Waals surface area contributed by atoms with Gasteiger partial charge in [0.25, 0.3) is 0 Å². The first-order valence-electron chi connectivity index (χ1n) is 10.5. The number of aromatic nitrogens is 1. The highest BCUT2D eigenvalue weighted by molar-refractivity contribution is 5.88. The predicted molar refractivity (Wildman–Crippen MR) is 112 cm³/mol. The number of ketones is 1. The van der Waals surface area contributed by atoms with Gasteiger partial charge >= 0.3 is 6.03 Å². The van der Waals surface area contributed by atoms with E-state index >= 15 is 0 Å². The van der Waals surface area contributed by atoms with E-state index in [0.717, 1.165) is 50.2 Å². The van der Waals surface area contributed by atoms with Crippen LogP contribution in [-0.4, -0.2) is 70.5 Å². The molecule has 9 nitrogen and oxygen atoms in total. The molecule has 3 amide bonds. The van der Waals surface area contributed by atoms with Crippen LogP contribution in [0.15, 0.2) is 12.1 Å². The van der Waals surface area contributed by atoms with Crippen LogP contribution in [-0.2, 0) is 22.4 Å². The Hall–Kier alpha value is -2.68. The van der Waals surface area contributed by atoms with Crippen molar-refractivity contribution in [2.45, 2.75) is 57.6 Å². The first-order chi connectivity index (χ1) is 14.3. The van der Waals surface area contributed by atoms with E-state index in [-0.39, 0.29) is 24.9 Å². The number of aliphatic hydroxyl groups is 1. The van der Waals surface area contributed by atoms with Crippen molar-refractivity contribution in [2.24, 2.45) is 0 Å². The van der Waals surface area contributed by atoms with Crippen LogP contribution in [0, 0.1) is 0 Å². The minimum absolute atomic E-state index is 0.00933. The lowest BCUT2D eigenvalue weighted by atomic mass is 9.84. The second kappa shape index (κ2) is 9.42. The Balaban J connectivity index is 1.36. The zero-order valence-corrected chi connectivity index (χ0v) is 17.7. The van der Waals surface area contributed by atoms with E-state index in [1.54, 1.807) is 0 Å². The van der Waals surface area contributed by atoms with Gasteiger partial charge in [-0.25, -0.2) is 9.78 Å². The zero-order valence-electron chi connectivity index (χ0n) is 17.7. The van der Waals surface area contributed by atoms with Gasteiger partial charge in [-0.15, -0.1) is 0 Å². The molecule has 2 aliphatic rings. The van der Waals surface area contributed by atoms with Crippen molar-refractivity contribution >= 4 is 23.5 Å². The number of unbranched alkanes of at least 4 members (excludes halogenated alkanes) is 1. The molecule has 0 spiro atoms.